The number of rotatable bonds is 2. The maximum absolute atomic E-state index is 5.24. The Hall–Kier alpha value is -4.93. The van der Waals surface area contributed by atoms with Crippen molar-refractivity contribution in [2.24, 2.45) is 0 Å². The minimum Gasteiger partial charge on any atom is -0.293 e. The molecule has 0 saturated carbocycles. The van der Waals surface area contributed by atoms with Crippen molar-refractivity contribution < 1.29 is 0 Å². The van der Waals surface area contributed by atoms with Gasteiger partial charge in [-0.2, -0.15) is 0 Å². The summed E-state index contributed by atoms with van der Waals surface area (Å²) in [5.41, 5.74) is 6.84. The molecule has 0 N–H and O–H groups in total. The molecule has 0 aliphatic carbocycles. The topological polar surface area (TPSA) is 30.7 Å². The summed E-state index contributed by atoms with van der Waals surface area (Å²) in [7, 11) is 0. The average Bonchev–Trinajstić information content (AvgIpc) is 3.33. The summed E-state index contributed by atoms with van der Waals surface area (Å²) >= 11 is 1.86. The summed E-state index contributed by atoms with van der Waals surface area (Å²) in [5.74, 6) is 1.63. The molecule has 0 fully saturated rings. The summed E-state index contributed by atoms with van der Waals surface area (Å²) < 4.78 is 2.34. The van der Waals surface area contributed by atoms with Crippen LogP contribution in [0.1, 0.15) is 0 Å². The Morgan fingerprint density at radius 1 is 0.525 bits per heavy atom. The number of nitrogens with zero attached hydrogens (tertiary/aromatic N) is 3. The Bertz CT molecular complexity index is 2300. The van der Waals surface area contributed by atoms with E-state index in [1.54, 1.807) is 0 Å². The van der Waals surface area contributed by atoms with Gasteiger partial charge < -0.3 is 0 Å². The van der Waals surface area contributed by atoms with Crippen LogP contribution in [-0.4, -0.2) is 14.5 Å². The van der Waals surface area contributed by atoms with E-state index in [4.69, 9.17) is 9.97 Å². The molecule has 0 atom stereocenters. The van der Waals surface area contributed by atoms with Gasteiger partial charge in [0, 0.05) is 36.9 Å². The van der Waals surface area contributed by atoms with Crippen molar-refractivity contribution in [3.63, 3.8) is 0 Å². The fourth-order valence-electron chi connectivity index (χ4n) is 6.20. The standard InChI is InChI=1S/C36H21N3S/c1-2-10-23(11-3-1)35-37-29-17-6-4-15-26(29)36(38-35)39-30-18-7-5-14-24(30)27-20-28-25-16-8-12-22-13-9-19-32(34(22)25)40-33(28)21-31(27)39/h1-21H. The molecule has 186 valence electrons. The van der Waals surface area contributed by atoms with Gasteiger partial charge in [0.25, 0.3) is 0 Å². The third kappa shape index (κ3) is 3.08. The molecule has 4 heteroatoms. The third-order valence-electron chi connectivity index (χ3n) is 7.98. The molecular formula is C36H21N3S. The monoisotopic (exact) mass is 527 g/mol. The van der Waals surface area contributed by atoms with E-state index >= 15 is 0 Å². The Morgan fingerprint density at radius 3 is 2.20 bits per heavy atom. The fraction of sp³-hybridized carbons (Fsp3) is 0. The van der Waals surface area contributed by atoms with Gasteiger partial charge in [-0.05, 0) is 52.9 Å². The third-order valence-corrected chi connectivity index (χ3v) is 9.10. The van der Waals surface area contributed by atoms with Crippen LogP contribution in [0.2, 0.25) is 0 Å². The molecule has 0 radical (unpaired) electrons. The van der Waals surface area contributed by atoms with E-state index in [9.17, 15) is 0 Å². The predicted octanol–water partition coefficient (Wildman–Crippen LogP) is 9.68. The molecular weight excluding hydrogens is 506 g/mol. The maximum atomic E-state index is 5.24. The van der Waals surface area contributed by atoms with Gasteiger partial charge >= 0.3 is 0 Å². The number of aromatic nitrogens is 3. The number of fused-ring (bicyclic) bond motifs is 6. The quantitative estimate of drug-likeness (QED) is 0.224. The molecule has 0 amide bonds. The van der Waals surface area contributed by atoms with Gasteiger partial charge in [0.2, 0.25) is 0 Å². The number of benzene rings is 6. The molecule has 0 bridgehead atoms. The molecule has 1 aliphatic heterocycles. The molecule has 9 rings (SSSR count). The van der Waals surface area contributed by atoms with Crippen molar-refractivity contribution in [3.05, 3.63) is 127 Å². The lowest BCUT2D eigenvalue weighted by Crippen LogP contribution is -2.03. The lowest BCUT2D eigenvalue weighted by atomic mass is 9.96. The van der Waals surface area contributed by atoms with E-state index in [2.05, 4.69) is 108 Å². The Kier molecular flexibility index (Phi) is 4.54. The van der Waals surface area contributed by atoms with Crippen LogP contribution in [0.5, 0.6) is 0 Å². The largest absolute Gasteiger partial charge is 0.293 e. The summed E-state index contributed by atoms with van der Waals surface area (Å²) in [4.78, 5) is 12.8. The van der Waals surface area contributed by atoms with Crippen LogP contribution in [0, 0.1) is 0 Å². The summed E-state index contributed by atoms with van der Waals surface area (Å²) in [6.45, 7) is 0. The second-order valence-electron chi connectivity index (χ2n) is 10.2. The molecule has 3 nitrogen and oxygen atoms in total. The zero-order chi connectivity index (χ0) is 26.2. The van der Waals surface area contributed by atoms with E-state index in [1.807, 2.05) is 36.0 Å². The molecule has 2 aromatic heterocycles. The highest BCUT2D eigenvalue weighted by atomic mass is 32.2. The molecule has 0 saturated heterocycles. The predicted molar refractivity (Wildman–Crippen MR) is 166 cm³/mol. The van der Waals surface area contributed by atoms with Crippen LogP contribution in [0.4, 0.5) is 0 Å². The van der Waals surface area contributed by atoms with E-state index in [0.717, 1.165) is 39.1 Å². The smallest absolute Gasteiger partial charge is 0.162 e. The summed E-state index contributed by atoms with van der Waals surface area (Å²) in [6, 6.07) is 45.3. The molecule has 1 aliphatic rings. The van der Waals surface area contributed by atoms with E-state index < -0.39 is 0 Å². The Morgan fingerprint density at radius 2 is 1.30 bits per heavy atom. The molecule has 0 unspecified atom stereocenters. The van der Waals surface area contributed by atoms with Gasteiger partial charge in [-0.15, -0.1) is 0 Å². The number of hydrogen-bond donors (Lipinski definition) is 0. The van der Waals surface area contributed by atoms with Gasteiger partial charge in [-0.25, -0.2) is 9.97 Å². The first-order valence-electron chi connectivity index (χ1n) is 13.4. The first-order chi connectivity index (χ1) is 19.8. The second kappa shape index (κ2) is 8.28. The zero-order valence-corrected chi connectivity index (χ0v) is 22.2. The van der Waals surface area contributed by atoms with Crippen LogP contribution >= 0.6 is 11.8 Å². The average molecular weight is 528 g/mol. The molecule has 8 aromatic rings. The van der Waals surface area contributed by atoms with Crippen LogP contribution in [0.3, 0.4) is 0 Å². The normalized spacial score (nSPS) is 12.4. The molecule has 6 aromatic carbocycles. The van der Waals surface area contributed by atoms with Crippen LogP contribution in [-0.2, 0) is 0 Å². The van der Waals surface area contributed by atoms with Crippen molar-refractivity contribution in [2.75, 3.05) is 0 Å². The highest BCUT2D eigenvalue weighted by molar-refractivity contribution is 7.99. The lowest BCUT2D eigenvalue weighted by Gasteiger charge is -2.21. The van der Waals surface area contributed by atoms with Gasteiger partial charge in [0.05, 0.1) is 16.6 Å². The van der Waals surface area contributed by atoms with Crippen molar-refractivity contribution in [1.82, 2.24) is 14.5 Å². The summed E-state index contributed by atoms with van der Waals surface area (Å²) in [5, 5.41) is 6.12. The first-order valence-corrected chi connectivity index (χ1v) is 14.2. The zero-order valence-electron chi connectivity index (χ0n) is 21.4. The fourth-order valence-corrected chi connectivity index (χ4v) is 7.36. The van der Waals surface area contributed by atoms with Crippen LogP contribution < -0.4 is 0 Å². The van der Waals surface area contributed by atoms with Gasteiger partial charge in [0.1, 0.15) is 5.82 Å². The second-order valence-corrected chi connectivity index (χ2v) is 11.3. The minimum absolute atomic E-state index is 0.730. The molecule has 40 heavy (non-hydrogen) atoms. The van der Waals surface area contributed by atoms with E-state index in [1.165, 1.54) is 42.5 Å². The first kappa shape index (κ1) is 21.9. The van der Waals surface area contributed by atoms with Gasteiger partial charge in [-0.1, -0.05) is 103 Å². The van der Waals surface area contributed by atoms with E-state index in [-0.39, 0.29) is 0 Å². The van der Waals surface area contributed by atoms with Gasteiger partial charge in [0.15, 0.2) is 5.82 Å². The maximum Gasteiger partial charge on any atom is 0.162 e. The Balaban J connectivity index is 1.40. The SMILES string of the molecule is c1ccc(-c2nc(-n3c4ccccc4c4cc5c(cc43)Sc3cccc4cccc-5c34)c3ccccc3n2)cc1. The number of hydrogen-bond acceptors (Lipinski definition) is 3. The molecule has 3 heterocycles. The van der Waals surface area contributed by atoms with Crippen molar-refractivity contribution in [1.29, 1.82) is 0 Å². The van der Waals surface area contributed by atoms with Crippen molar-refractivity contribution >= 4 is 55.2 Å². The highest BCUT2D eigenvalue weighted by Gasteiger charge is 2.23. The van der Waals surface area contributed by atoms with Crippen LogP contribution in [0.15, 0.2) is 137 Å². The van der Waals surface area contributed by atoms with Crippen molar-refractivity contribution in [2.45, 2.75) is 9.79 Å². The Labute approximate surface area is 234 Å². The minimum atomic E-state index is 0.730. The van der Waals surface area contributed by atoms with Crippen LogP contribution in [0.25, 0.3) is 71.8 Å². The molecule has 0 spiro atoms. The number of para-hydroxylation sites is 2. The lowest BCUT2D eigenvalue weighted by molar-refractivity contribution is 1.07. The van der Waals surface area contributed by atoms with Gasteiger partial charge in [-0.3, -0.25) is 4.57 Å². The summed E-state index contributed by atoms with van der Waals surface area (Å²) in [6.07, 6.45) is 0. The van der Waals surface area contributed by atoms with E-state index in [0.29, 0.717) is 0 Å². The van der Waals surface area contributed by atoms with Crippen molar-refractivity contribution in [3.8, 4) is 28.3 Å². The highest BCUT2D eigenvalue weighted by Crippen LogP contribution is 2.50.